The van der Waals surface area contributed by atoms with Crippen molar-refractivity contribution in [3.63, 3.8) is 0 Å². The van der Waals surface area contributed by atoms with Crippen LogP contribution in [0.3, 0.4) is 0 Å². The van der Waals surface area contributed by atoms with Crippen molar-refractivity contribution in [1.82, 2.24) is 9.80 Å². The van der Waals surface area contributed by atoms with Gasteiger partial charge in [0, 0.05) is 26.2 Å². The van der Waals surface area contributed by atoms with E-state index in [4.69, 9.17) is 4.74 Å². The lowest BCUT2D eigenvalue weighted by molar-refractivity contribution is -0.148. The summed E-state index contributed by atoms with van der Waals surface area (Å²) in [5.41, 5.74) is 0. The molecule has 0 radical (unpaired) electrons. The van der Waals surface area contributed by atoms with Crippen LogP contribution in [0.25, 0.3) is 0 Å². The molecule has 1 amide bonds. The summed E-state index contributed by atoms with van der Waals surface area (Å²) in [6, 6.07) is 0. The predicted octanol–water partition coefficient (Wildman–Crippen LogP) is 2.10. The first kappa shape index (κ1) is 15.1. The van der Waals surface area contributed by atoms with Gasteiger partial charge in [-0.3, -0.25) is 4.90 Å². The maximum Gasteiger partial charge on any atom is 0.409 e. The standard InChI is InChI=1S/C11H19F3N2O2/c1-2-3-8-18-10(17)16-6-4-15(5-7-16)9-11(12,13)14/h2-9H2,1H3. The molecule has 106 valence electrons. The highest BCUT2D eigenvalue weighted by Crippen LogP contribution is 2.17. The van der Waals surface area contributed by atoms with Gasteiger partial charge in [0.15, 0.2) is 0 Å². The molecule has 0 spiro atoms. The highest BCUT2D eigenvalue weighted by atomic mass is 19.4. The van der Waals surface area contributed by atoms with E-state index < -0.39 is 18.8 Å². The third kappa shape index (κ3) is 5.57. The summed E-state index contributed by atoms with van der Waals surface area (Å²) in [5.74, 6) is 0. The van der Waals surface area contributed by atoms with Gasteiger partial charge in [-0.25, -0.2) is 4.79 Å². The van der Waals surface area contributed by atoms with E-state index >= 15 is 0 Å². The molecule has 0 aromatic carbocycles. The second-order valence-corrected chi connectivity index (χ2v) is 4.35. The van der Waals surface area contributed by atoms with Crippen LogP contribution in [-0.2, 0) is 4.74 Å². The fourth-order valence-electron chi connectivity index (χ4n) is 1.74. The Kier molecular flexibility index (Phi) is 5.71. The SMILES string of the molecule is CCCCOC(=O)N1CCN(CC(F)(F)F)CC1. The van der Waals surface area contributed by atoms with Gasteiger partial charge in [0.25, 0.3) is 0 Å². The molecule has 1 fully saturated rings. The van der Waals surface area contributed by atoms with E-state index in [1.165, 1.54) is 9.80 Å². The molecule has 0 unspecified atom stereocenters. The van der Waals surface area contributed by atoms with Crippen molar-refractivity contribution in [2.75, 3.05) is 39.3 Å². The number of piperazine rings is 1. The van der Waals surface area contributed by atoms with Crippen molar-refractivity contribution in [3.05, 3.63) is 0 Å². The molecule has 1 heterocycles. The van der Waals surface area contributed by atoms with Crippen LogP contribution in [0.4, 0.5) is 18.0 Å². The van der Waals surface area contributed by atoms with Gasteiger partial charge in [-0.05, 0) is 6.42 Å². The molecule has 1 aliphatic heterocycles. The second-order valence-electron chi connectivity index (χ2n) is 4.35. The molecule has 4 nitrogen and oxygen atoms in total. The molecule has 7 heteroatoms. The fourth-order valence-corrected chi connectivity index (χ4v) is 1.74. The molecule has 0 atom stereocenters. The number of carbonyl (C=O) groups excluding carboxylic acids is 1. The topological polar surface area (TPSA) is 32.8 Å². The van der Waals surface area contributed by atoms with Crippen LogP contribution < -0.4 is 0 Å². The zero-order valence-corrected chi connectivity index (χ0v) is 10.5. The Bertz CT molecular complexity index is 264. The van der Waals surface area contributed by atoms with Crippen LogP contribution in [0.2, 0.25) is 0 Å². The van der Waals surface area contributed by atoms with E-state index in [1.54, 1.807) is 0 Å². The summed E-state index contributed by atoms with van der Waals surface area (Å²) >= 11 is 0. The van der Waals surface area contributed by atoms with Gasteiger partial charge in [0.1, 0.15) is 0 Å². The van der Waals surface area contributed by atoms with Gasteiger partial charge in [0.05, 0.1) is 13.2 Å². The zero-order chi connectivity index (χ0) is 13.6. The van der Waals surface area contributed by atoms with Gasteiger partial charge in [-0.15, -0.1) is 0 Å². The Hall–Kier alpha value is -0.980. The lowest BCUT2D eigenvalue weighted by Gasteiger charge is -2.34. The normalized spacial score (nSPS) is 17.9. The quantitative estimate of drug-likeness (QED) is 0.732. The molecule has 18 heavy (non-hydrogen) atoms. The maximum absolute atomic E-state index is 12.2. The monoisotopic (exact) mass is 268 g/mol. The summed E-state index contributed by atoms with van der Waals surface area (Å²) in [6.07, 6.45) is -2.86. The number of alkyl halides is 3. The number of ether oxygens (including phenoxy) is 1. The highest BCUT2D eigenvalue weighted by Gasteiger charge is 2.33. The summed E-state index contributed by atoms with van der Waals surface area (Å²) in [6.45, 7) is 2.51. The van der Waals surface area contributed by atoms with Crippen molar-refractivity contribution >= 4 is 6.09 Å². The summed E-state index contributed by atoms with van der Waals surface area (Å²) in [4.78, 5) is 14.3. The van der Waals surface area contributed by atoms with E-state index in [9.17, 15) is 18.0 Å². The van der Waals surface area contributed by atoms with Crippen LogP contribution in [0.5, 0.6) is 0 Å². The minimum absolute atomic E-state index is 0.238. The number of unbranched alkanes of at least 4 members (excludes halogenated alkanes) is 1. The summed E-state index contributed by atoms with van der Waals surface area (Å²) in [7, 11) is 0. The molecule has 0 saturated carbocycles. The fraction of sp³-hybridized carbons (Fsp3) is 0.909. The van der Waals surface area contributed by atoms with Crippen LogP contribution in [-0.4, -0.2) is 61.4 Å². The lowest BCUT2D eigenvalue weighted by Crippen LogP contribution is -2.51. The number of halogens is 3. The number of carbonyl (C=O) groups is 1. The van der Waals surface area contributed by atoms with E-state index in [1.807, 2.05) is 6.92 Å². The van der Waals surface area contributed by atoms with Gasteiger partial charge in [0.2, 0.25) is 0 Å². The summed E-state index contributed by atoms with van der Waals surface area (Å²) in [5, 5.41) is 0. The first-order valence-corrected chi connectivity index (χ1v) is 6.13. The average Bonchev–Trinajstić information content (AvgIpc) is 2.28. The van der Waals surface area contributed by atoms with Gasteiger partial charge >= 0.3 is 12.3 Å². The first-order chi connectivity index (χ1) is 8.42. The molecule has 0 aliphatic carbocycles. The van der Waals surface area contributed by atoms with E-state index in [0.29, 0.717) is 19.7 Å². The highest BCUT2D eigenvalue weighted by molar-refractivity contribution is 5.67. The minimum atomic E-state index is -4.18. The van der Waals surface area contributed by atoms with Gasteiger partial charge in [-0.2, -0.15) is 13.2 Å². The van der Waals surface area contributed by atoms with Crippen LogP contribution in [0.1, 0.15) is 19.8 Å². The molecule has 0 bridgehead atoms. The van der Waals surface area contributed by atoms with E-state index in [2.05, 4.69) is 0 Å². The number of nitrogens with zero attached hydrogens (tertiary/aromatic N) is 2. The summed E-state index contributed by atoms with van der Waals surface area (Å²) < 4.78 is 41.5. The number of hydrogen-bond donors (Lipinski definition) is 0. The molecule has 1 rings (SSSR count). The van der Waals surface area contributed by atoms with E-state index in [0.717, 1.165) is 12.8 Å². The molecule has 1 saturated heterocycles. The first-order valence-electron chi connectivity index (χ1n) is 6.13. The second kappa shape index (κ2) is 6.82. The van der Waals surface area contributed by atoms with E-state index in [-0.39, 0.29) is 13.1 Å². The van der Waals surface area contributed by atoms with Crippen molar-refractivity contribution in [2.24, 2.45) is 0 Å². The molecule has 0 N–H and O–H groups in total. The smallest absolute Gasteiger partial charge is 0.409 e. The minimum Gasteiger partial charge on any atom is -0.449 e. The average molecular weight is 268 g/mol. The molecule has 1 aliphatic rings. The Morgan fingerprint density at radius 1 is 1.22 bits per heavy atom. The molecular weight excluding hydrogens is 249 g/mol. The van der Waals surface area contributed by atoms with Crippen LogP contribution >= 0.6 is 0 Å². The third-order valence-electron chi connectivity index (χ3n) is 2.76. The third-order valence-corrected chi connectivity index (χ3v) is 2.76. The van der Waals surface area contributed by atoms with Crippen molar-refractivity contribution in [1.29, 1.82) is 0 Å². The Morgan fingerprint density at radius 2 is 1.83 bits per heavy atom. The van der Waals surface area contributed by atoms with Crippen molar-refractivity contribution < 1.29 is 22.7 Å². The van der Waals surface area contributed by atoms with Crippen molar-refractivity contribution in [3.8, 4) is 0 Å². The predicted molar refractivity (Wildman–Crippen MR) is 60.3 cm³/mol. The maximum atomic E-state index is 12.2. The molecular formula is C11H19F3N2O2. The number of amides is 1. The van der Waals surface area contributed by atoms with Crippen LogP contribution in [0.15, 0.2) is 0 Å². The Labute approximate surface area is 105 Å². The number of hydrogen-bond acceptors (Lipinski definition) is 3. The van der Waals surface area contributed by atoms with Gasteiger partial charge < -0.3 is 9.64 Å². The molecule has 0 aromatic rings. The van der Waals surface area contributed by atoms with Gasteiger partial charge in [-0.1, -0.05) is 13.3 Å². The number of rotatable bonds is 4. The lowest BCUT2D eigenvalue weighted by atomic mass is 10.3. The Balaban J connectivity index is 2.24. The largest absolute Gasteiger partial charge is 0.449 e. The van der Waals surface area contributed by atoms with Crippen molar-refractivity contribution in [2.45, 2.75) is 25.9 Å². The van der Waals surface area contributed by atoms with Crippen LogP contribution in [0, 0.1) is 0 Å². The Morgan fingerprint density at radius 3 is 2.33 bits per heavy atom. The zero-order valence-electron chi connectivity index (χ0n) is 10.5. The molecule has 0 aromatic heterocycles.